The highest BCUT2D eigenvalue weighted by Crippen LogP contribution is 2.23. The molecule has 0 aliphatic rings. The summed E-state index contributed by atoms with van der Waals surface area (Å²) >= 11 is 5.95. The standard InChI is InChI=1S/C10H11ClN4O2/c1-5(16)7(12)10-14-9(15-17-10)8-6(11)3-2-4-13-8/h2-5,7,16H,12H2,1H3. The number of nitrogens with two attached hydrogens (primary N) is 1. The van der Waals surface area contributed by atoms with Crippen LogP contribution >= 0.6 is 11.6 Å². The number of hydrogen-bond donors (Lipinski definition) is 2. The maximum absolute atomic E-state index is 9.31. The molecule has 3 N–H and O–H groups in total. The largest absolute Gasteiger partial charge is 0.391 e. The number of hydrogen-bond acceptors (Lipinski definition) is 6. The third kappa shape index (κ3) is 2.44. The Balaban J connectivity index is 2.34. The number of nitrogens with zero attached hydrogens (tertiary/aromatic N) is 3. The molecule has 2 aromatic heterocycles. The first-order chi connectivity index (χ1) is 8.09. The Hall–Kier alpha value is -1.50. The van der Waals surface area contributed by atoms with Crippen molar-refractivity contribution >= 4 is 11.6 Å². The van der Waals surface area contributed by atoms with Gasteiger partial charge >= 0.3 is 0 Å². The number of aliphatic hydroxyl groups is 1. The molecule has 2 unspecified atom stereocenters. The average molecular weight is 255 g/mol. The molecule has 0 saturated heterocycles. The summed E-state index contributed by atoms with van der Waals surface area (Å²) in [6, 6.07) is 2.65. The quantitative estimate of drug-likeness (QED) is 0.853. The first-order valence-corrected chi connectivity index (χ1v) is 5.35. The highest BCUT2D eigenvalue weighted by atomic mass is 35.5. The van der Waals surface area contributed by atoms with E-state index in [9.17, 15) is 5.11 Å². The van der Waals surface area contributed by atoms with E-state index in [0.29, 0.717) is 10.7 Å². The number of rotatable bonds is 3. The molecule has 0 bridgehead atoms. The van der Waals surface area contributed by atoms with Crippen LogP contribution in [-0.4, -0.2) is 26.3 Å². The number of pyridine rings is 1. The van der Waals surface area contributed by atoms with Gasteiger partial charge < -0.3 is 15.4 Å². The Bertz CT molecular complexity index is 515. The van der Waals surface area contributed by atoms with Crippen molar-refractivity contribution in [2.75, 3.05) is 0 Å². The third-order valence-electron chi connectivity index (χ3n) is 2.22. The minimum atomic E-state index is -0.775. The second-order valence-electron chi connectivity index (χ2n) is 3.56. The van der Waals surface area contributed by atoms with Gasteiger partial charge in [-0.15, -0.1) is 0 Å². The van der Waals surface area contributed by atoms with E-state index in [-0.39, 0.29) is 11.7 Å². The van der Waals surface area contributed by atoms with E-state index in [1.54, 1.807) is 25.3 Å². The van der Waals surface area contributed by atoms with Crippen LogP contribution in [0, 0.1) is 0 Å². The molecule has 90 valence electrons. The molecule has 0 aromatic carbocycles. The van der Waals surface area contributed by atoms with Gasteiger partial charge in [-0.25, -0.2) is 0 Å². The highest BCUT2D eigenvalue weighted by Gasteiger charge is 2.21. The van der Waals surface area contributed by atoms with Gasteiger partial charge in [0.1, 0.15) is 11.7 Å². The van der Waals surface area contributed by atoms with Crippen LogP contribution in [0.1, 0.15) is 18.9 Å². The van der Waals surface area contributed by atoms with Crippen LogP contribution < -0.4 is 5.73 Å². The summed E-state index contributed by atoms with van der Waals surface area (Å²) in [6.07, 6.45) is 0.800. The molecular formula is C10H11ClN4O2. The predicted molar refractivity (Wildman–Crippen MR) is 61.1 cm³/mol. The summed E-state index contributed by atoms with van der Waals surface area (Å²) in [5.74, 6) is 0.401. The smallest absolute Gasteiger partial charge is 0.246 e. The lowest BCUT2D eigenvalue weighted by Crippen LogP contribution is -2.23. The third-order valence-corrected chi connectivity index (χ3v) is 2.52. The van der Waals surface area contributed by atoms with E-state index in [1.807, 2.05) is 0 Å². The minimum Gasteiger partial charge on any atom is -0.391 e. The predicted octanol–water partition coefficient (Wildman–Crippen LogP) is 1.17. The number of aliphatic hydroxyl groups excluding tert-OH is 1. The Kier molecular flexibility index (Phi) is 3.37. The molecule has 2 heterocycles. The van der Waals surface area contributed by atoms with E-state index in [2.05, 4.69) is 15.1 Å². The lowest BCUT2D eigenvalue weighted by atomic mass is 10.2. The first-order valence-electron chi connectivity index (χ1n) is 4.97. The Morgan fingerprint density at radius 3 is 2.94 bits per heavy atom. The molecule has 0 amide bonds. The monoisotopic (exact) mass is 254 g/mol. The second kappa shape index (κ2) is 4.79. The van der Waals surface area contributed by atoms with E-state index in [4.69, 9.17) is 21.9 Å². The van der Waals surface area contributed by atoms with Gasteiger partial charge in [0.15, 0.2) is 0 Å². The van der Waals surface area contributed by atoms with Gasteiger partial charge in [-0.3, -0.25) is 4.98 Å². The molecule has 7 heteroatoms. The Morgan fingerprint density at radius 1 is 1.53 bits per heavy atom. The van der Waals surface area contributed by atoms with Gasteiger partial charge in [-0.1, -0.05) is 16.8 Å². The van der Waals surface area contributed by atoms with Crippen molar-refractivity contribution in [3.63, 3.8) is 0 Å². The van der Waals surface area contributed by atoms with Gasteiger partial charge in [0.05, 0.1) is 11.1 Å². The van der Waals surface area contributed by atoms with Crippen LogP contribution in [0.4, 0.5) is 0 Å². The first kappa shape index (κ1) is 12.0. The molecule has 2 rings (SSSR count). The van der Waals surface area contributed by atoms with Crippen LogP contribution in [0.5, 0.6) is 0 Å². The van der Waals surface area contributed by atoms with E-state index < -0.39 is 12.1 Å². The molecule has 0 aliphatic carbocycles. The van der Waals surface area contributed by atoms with Crippen molar-refractivity contribution < 1.29 is 9.63 Å². The SMILES string of the molecule is CC(O)C(N)c1nc(-c2ncccc2Cl)no1. The van der Waals surface area contributed by atoms with Crippen molar-refractivity contribution in [1.82, 2.24) is 15.1 Å². The zero-order chi connectivity index (χ0) is 12.4. The van der Waals surface area contributed by atoms with Crippen LogP contribution in [0.25, 0.3) is 11.5 Å². The van der Waals surface area contributed by atoms with Crippen molar-refractivity contribution in [2.24, 2.45) is 5.73 Å². The fourth-order valence-electron chi connectivity index (χ4n) is 1.22. The molecule has 0 saturated carbocycles. The van der Waals surface area contributed by atoms with E-state index in [0.717, 1.165) is 0 Å². The summed E-state index contributed by atoms with van der Waals surface area (Å²) in [5.41, 5.74) is 6.09. The number of halogens is 1. The zero-order valence-electron chi connectivity index (χ0n) is 9.04. The van der Waals surface area contributed by atoms with Gasteiger partial charge in [0.2, 0.25) is 11.7 Å². The van der Waals surface area contributed by atoms with Gasteiger partial charge in [0, 0.05) is 6.20 Å². The van der Waals surface area contributed by atoms with Gasteiger partial charge in [0.25, 0.3) is 0 Å². The van der Waals surface area contributed by atoms with Crippen LogP contribution in [0.3, 0.4) is 0 Å². The fourth-order valence-corrected chi connectivity index (χ4v) is 1.43. The Labute approximate surface area is 102 Å². The molecule has 0 aliphatic heterocycles. The summed E-state index contributed by atoms with van der Waals surface area (Å²) in [5, 5.41) is 13.5. The minimum absolute atomic E-state index is 0.150. The van der Waals surface area contributed by atoms with Crippen LogP contribution in [0.15, 0.2) is 22.9 Å². The van der Waals surface area contributed by atoms with Crippen LogP contribution in [0.2, 0.25) is 5.02 Å². The molecule has 2 aromatic rings. The molecule has 0 fully saturated rings. The van der Waals surface area contributed by atoms with Crippen molar-refractivity contribution in [2.45, 2.75) is 19.1 Å². The molecule has 0 spiro atoms. The average Bonchev–Trinajstić information content (AvgIpc) is 2.77. The van der Waals surface area contributed by atoms with Crippen molar-refractivity contribution in [3.8, 4) is 11.5 Å². The maximum Gasteiger partial charge on any atom is 0.246 e. The fraction of sp³-hybridized carbons (Fsp3) is 0.300. The molecule has 2 atom stereocenters. The second-order valence-corrected chi connectivity index (χ2v) is 3.96. The Morgan fingerprint density at radius 2 is 2.29 bits per heavy atom. The normalized spacial score (nSPS) is 14.6. The van der Waals surface area contributed by atoms with Crippen LogP contribution in [-0.2, 0) is 0 Å². The highest BCUT2D eigenvalue weighted by molar-refractivity contribution is 6.32. The lowest BCUT2D eigenvalue weighted by molar-refractivity contribution is 0.146. The van der Waals surface area contributed by atoms with Gasteiger partial charge in [-0.05, 0) is 19.1 Å². The lowest BCUT2D eigenvalue weighted by Gasteiger charge is -2.08. The van der Waals surface area contributed by atoms with E-state index >= 15 is 0 Å². The van der Waals surface area contributed by atoms with Crippen molar-refractivity contribution in [1.29, 1.82) is 0 Å². The van der Waals surface area contributed by atoms with E-state index in [1.165, 1.54) is 0 Å². The number of aromatic nitrogens is 3. The zero-order valence-corrected chi connectivity index (χ0v) is 9.80. The summed E-state index contributed by atoms with van der Waals surface area (Å²) < 4.78 is 4.95. The topological polar surface area (TPSA) is 98.1 Å². The molecule has 0 radical (unpaired) electrons. The summed E-state index contributed by atoms with van der Waals surface area (Å²) in [4.78, 5) is 8.10. The van der Waals surface area contributed by atoms with Gasteiger partial charge in [-0.2, -0.15) is 4.98 Å². The summed E-state index contributed by atoms with van der Waals surface area (Å²) in [6.45, 7) is 1.54. The maximum atomic E-state index is 9.31. The molecular weight excluding hydrogens is 244 g/mol. The summed E-state index contributed by atoms with van der Waals surface area (Å²) in [7, 11) is 0. The molecule has 6 nitrogen and oxygen atoms in total. The molecule has 17 heavy (non-hydrogen) atoms. The van der Waals surface area contributed by atoms with Crippen molar-refractivity contribution in [3.05, 3.63) is 29.2 Å².